The second-order valence-electron chi connectivity index (χ2n) is 5.55. The predicted molar refractivity (Wildman–Crippen MR) is 72.0 cm³/mol. The van der Waals surface area contributed by atoms with E-state index < -0.39 is 0 Å². The molecule has 1 aromatic heterocycles. The molecular formula is C15H20N2O. The molecule has 1 aliphatic carbocycles. The summed E-state index contributed by atoms with van der Waals surface area (Å²) in [5, 5.41) is 0. The molecule has 1 aromatic rings. The molecular weight excluding hydrogens is 224 g/mol. The van der Waals surface area contributed by atoms with Gasteiger partial charge in [-0.2, -0.15) is 0 Å². The van der Waals surface area contributed by atoms with Crippen LogP contribution in [0.4, 0.5) is 5.69 Å². The molecule has 1 aliphatic heterocycles. The van der Waals surface area contributed by atoms with Crippen LogP contribution < -0.4 is 4.90 Å². The molecule has 2 atom stereocenters. The molecule has 0 radical (unpaired) electrons. The number of rotatable bonds is 2. The van der Waals surface area contributed by atoms with E-state index in [0.717, 1.165) is 12.5 Å². The highest BCUT2D eigenvalue weighted by molar-refractivity contribution is 5.92. The van der Waals surface area contributed by atoms with Crippen molar-refractivity contribution in [3.8, 4) is 0 Å². The summed E-state index contributed by atoms with van der Waals surface area (Å²) in [7, 11) is 0. The largest absolute Gasteiger partial charge is 0.367 e. The molecule has 2 unspecified atom stereocenters. The third-order valence-electron chi connectivity index (χ3n) is 4.43. The van der Waals surface area contributed by atoms with Crippen LogP contribution >= 0.6 is 0 Å². The Balaban J connectivity index is 1.82. The molecule has 3 rings (SSSR count). The maximum Gasteiger partial charge on any atom is 0.178 e. The molecule has 1 saturated carbocycles. The maximum absolute atomic E-state index is 11.2. The average Bonchev–Trinajstić information content (AvgIpc) is 2.87. The highest BCUT2D eigenvalue weighted by atomic mass is 16.1. The van der Waals surface area contributed by atoms with E-state index in [-0.39, 0.29) is 5.78 Å². The number of hydrogen-bond acceptors (Lipinski definition) is 3. The number of fused-ring (bicyclic) bond motifs is 1. The summed E-state index contributed by atoms with van der Waals surface area (Å²) in [4.78, 5) is 18.0. The Labute approximate surface area is 108 Å². The second kappa shape index (κ2) is 4.71. The van der Waals surface area contributed by atoms with Crippen LogP contribution in [0.15, 0.2) is 18.3 Å². The van der Waals surface area contributed by atoms with Crippen LogP contribution in [-0.4, -0.2) is 23.4 Å². The highest BCUT2D eigenvalue weighted by Crippen LogP contribution is 2.38. The topological polar surface area (TPSA) is 33.2 Å². The SMILES string of the molecule is CC(=O)c1ccc(N2CCCC3CCCC32)cn1. The number of carbonyl (C=O) groups excluding carboxylic acids is 1. The average molecular weight is 244 g/mol. The van der Waals surface area contributed by atoms with Crippen molar-refractivity contribution in [1.29, 1.82) is 0 Å². The lowest BCUT2D eigenvalue weighted by molar-refractivity contribution is 0.101. The monoisotopic (exact) mass is 244 g/mol. The van der Waals surface area contributed by atoms with Crippen molar-refractivity contribution >= 4 is 11.5 Å². The van der Waals surface area contributed by atoms with Gasteiger partial charge >= 0.3 is 0 Å². The third kappa shape index (κ3) is 2.02. The van der Waals surface area contributed by atoms with E-state index in [1.165, 1.54) is 37.8 Å². The summed E-state index contributed by atoms with van der Waals surface area (Å²) in [6, 6.07) is 4.63. The van der Waals surface area contributed by atoms with Crippen molar-refractivity contribution in [3.05, 3.63) is 24.0 Å². The fraction of sp³-hybridized carbons (Fsp3) is 0.600. The van der Waals surface area contributed by atoms with Crippen LogP contribution in [0.2, 0.25) is 0 Å². The Morgan fingerprint density at radius 2 is 2.11 bits per heavy atom. The van der Waals surface area contributed by atoms with Gasteiger partial charge in [-0.25, -0.2) is 0 Å². The van der Waals surface area contributed by atoms with Crippen molar-refractivity contribution in [2.24, 2.45) is 5.92 Å². The lowest BCUT2D eigenvalue weighted by Crippen LogP contribution is -2.42. The maximum atomic E-state index is 11.2. The minimum Gasteiger partial charge on any atom is -0.367 e. The number of hydrogen-bond donors (Lipinski definition) is 0. The van der Waals surface area contributed by atoms with Gasteiger partial charge in [0.05, 0.1) is 11.9 Å². The summed E-state index contributed by atoms with van der Waals surface area (Å²) in [6.07, 6.45) is 8.62. The first-order valence-corrected chi connectivity index (χ1v) is 6.99. The van der Waals surface area contributed by atoms with Crippen molar-refractivity contribution in [1.82, 2.24) is 4.98 Å². The van der Waals surface area contributed by atoms with Crippen LogP contribution in [0.1, 0.15) is 49.5 Å². The van der Waals surface area contributed by atoms with Gasteiger partial charge in [-0.3, -0.25) is 9.78 Å². The Bertz CT molecular complexity index is 440. The van der Waals surface area contributed by atoms with E-state index in [9.17, 15) is 4.79 Å². The van der Waals surface area contributed by atoms with Crippen LogP contribution in [0.3, 0.4) is 0 Å². The van der Waals surface area contributed by atoms with E-state index >= 15 is 0 Å². The van der Waals surface area contributed by atoms with E-state index in [1.54, 1.807) is 6.92 Å². The van der Waals surface area contributed by atoms with Gasteiger partial charge in [-0.05, 0) is 43.7 Å². The number of piperidine rings is 1. The van der Waals surface area contributed by atoms with E-state index in [0.29, 0.717) is 11.7 Å². The Kier molecular flexibility index (Phi) is 3.06. The first-order chi connectivity index (χ1) is 8.75. The fourth-order valence-electron chi connectivity index (χ4n) is 3.54. The standard InChI is InChI=1S/C15H20N2O/c1-11(18)14-8-7-13(10-16-14)17-9-3-5-12-4-2-6-15(12)17/h7-8,10,12,15H,2-6,9H2,1H3. The van der Waals surface area contributed by atoms with Gasteiger partial charge in [0.2, 0.25) is 0 Å². The van der Waals surface area contributed by atoms with Crippen molar-refractivity contribution in [3.63, 3.8) is 0 Å². The summed E-state index contributed by atoms with van der Waals surface area (Å²) < 4.78 is 0. The number of ketones is 1. The minimum absolute atomic E-state index is 0.0407. The fourth-order valence-corrected chi connectivity index (χ4v) is 3.54. The molecule has 3 nitrogen and oxygen atoms in total. The van der Waals surface area contributed by atoms with Crippen LogP contribution in [0.5, 0.6) is 0 Å². The van der Waals surface area contributed by atoms with E-state index in [2.05, 4.69) is 16.0 Å². The van der Waals surface area contributed by atoms with Crippen LogP contribution in [0, 0.1) is 5.92 Å². The third-order valence-corrected chi connectivity index (χ3v) is 4.43. The Hall–Kier alpha value is -1.38. The van der Waals surface area contributed by atoms with Gasteiger partial charge in [-0.1, -0.05) is 6.42 Å². The van der Waals surface area contributed by atoms with Crippen LogP contribution in [0.25, 0.3) is 0 Å². The first kappa shape index (κ1) is 11.7. The number of Topliss-reactive ketones (excluding diaryl/α,β-unsaturated/α-hetero) is 1. The molecule has 3 heteroatoms. The molecule has 18 heavy (non-hydrogen) atoms. The zero-order valence-corrected chi connectivity index (χ0v) is 10.9. The van der Waals surface area contributed by atoms with Gasteiger partial charge in [0.25, 0.3) is 0 Å². The summed E-state index contributed by atoms with van der Waals surface area (Å²) >= 11 is 0. The van der Waals surface area contributed by atoms with Gasteiger partial charge < -0.3 is 4.90 Å². The van der Waals surface area contributed by atoms with E-state index in [1.807, 2.05) is 12.3 Å². The van der Waals surface area contributed by atoms with Crippen molar-refractivity contribution < 1.29 is 4.79 Å². The molecule has 0 amide bonds. The molecule has 0 spiro atoms. The van der Waals surface area contributed by atoms with Crippen LogP contribution in [-0.2, 0) is 0 Å². The Morgan fingerprint density at radius 3 is 2.83 bits per heavy atom. The number of aromatic nitrogens is 1. The van der Waals surface area contributed by atoms with Gasteiger partial charge in [0.15, 0.2) is 5.78 Å². The molecule has 2 heterocycles. The lowest BCUT2D eigenvalue weighted by atomic mass is 9.91. The normalized spacial score (nSPS) is 27.1. The first-order valence-electron chi connectivity index (χ1n) is 6.99. The molecule has 0 bridgehead atoms. The van der Waals surface area contributed by atoms with Crippen molar-refractivity contribution in [2.45, 2.75) is 45.1 Å². The molecule has 0 aromatic carbocycles. The molecule has 2 aliphatic rings. The van der Waals surface area contributed by atoms with Gasteiger partial charge in [0.1, 0.15) is 5.69 Å². The zero-order valence-electron chi connectivity index (χ0n) is 10.9. The summed E-state index contributed by atoms with van der Waals surface area (Å²) in [6.45, 7) is 2.71. The molecule has 0 N–H and O–H groups in total. The highest BCUT2D eigenvalue weighted by Gasteiger charge is 2.35. The molecule has 96 valence electrons. The number of anilines is 1. The summed E-state index contributed by atoms with van der Waals surface area (Å²) in [5.41, 5.74) is 1.76. The van der Waals surface area contributed by atoms with Gasteiger partial charge in [0, 0.05) is 19.5 Å². The lowest BCUT2D eigenvalue weighted by Gasteiger charge is -2.39. The summed E-state index contributed by atoms with van der Waals surface area (Å²) in [5.74, 6) is 0.921. The predicted octanol–water partition coefficient (Wildman–Crippen LogP) is 3.05. The zero-order chi connectivity index (χ0) is 12.5. The molecule has 1 saturated heterocycles. The number of pyridine rings is 1. The van der Waals surface area contributed by atoms with E-state index in [4.69, 9.17) is 0 Å². The van der Waals surface area contributed by atoms with Crippen molar-refractivity contribution in [2.75, 3.05) is 11.4 Å². The van der Waals surface area contributed by atoms with Gasteiger partial charge in [-0.15, -0.1) is 0 Å². The quantitative estimate of drug-likeness (QED) is 0.750. The molecule has 2 fully saturated rings. The minimum atomic E-state index is 0.0407. The number of nitrogens with zero attached hydrogens (tertiary/aromatic N) is 2. The Morgan fingerprint density at radius 1 is 1.28 bits per heavy atom. The smallest absolute Gasteiger partial charge is 0.178 e. The number of carbonyl (C=O) groups is 1. The second-order valence-corrected chi connectivity index (χ2v) is 5.55.